The van der Waals surface area contributed by atoms with Crippen LogP contribution in [-0.2, 0) is 16.6 Å². The smallest absolute Gasteiger partial charge is 0.271 e. The second-order valence-electron chi connectivity index (χ2n) is 4.05. The van der Waals surface area contributed by atoms with Gasteiger partial charge in [-0.3, -0.25) is 4.72 Å². The fourth-order valence-corrected chi connectivity index (χ4v) is 3.95. The summed E-state index contributed by atoms with van der Waals surface area (Å²) in [5.74, 6) is 0.897. The van der Waals surface area contributed by atoms with Gasteiger partial charge in [-0.2, -0.15) is 0 Å². The highest BCUT2D eigenvalue weighted by Gasteiger charge is 2.19. The van der Waals surface area contributed by atoms with Crippen LogP contribution in [0.4, 0.5) is 5.69 Å². The zero-order chi connectivity index (χ0) is 15.5. The first-order valence-corrected chi connectivity index (χ1v) is 8.24. The van der Waals surface area contributed by atoms with E-state index in [0.29, 0.717) is 16.4 Å². The standard InChI is InChI=1S/C13H15NO5S2/c1-18-9-3-5-12(19-2)11(7-9)14-21(16,17)13-6-4-10(8-15)20-13/h3-7,14-15H,8H2,1-2H3. The van der Waals surface area contributed by atoms with Crippen LogP contribution in [0.15, 0.2) is 34.5 Å². The molecule has 6 nitrogen and oxygen atoms in total. The Morgan fingerprint density at radius 2 is 1.95 bits per heavy atom. The maximum Gasteiger partial charge on any atom is 0.271 e. The Kier molecular flexibility index (Phi) is 4.71. The molecule has 0 aliphatic rings. The molecular formula is C13H15NO5S2. The summed E-state index contributed by atoms with van der Waals surface area (Å²) in [5, 5.41) is 9.02. The molecule has 114 valence electrons. The maximum atomic E-state index is 12.3. The third-order valence-corrected chi connectivity index (χ3v) is 5.64. The van der Waals surface area contributed by atoms with Crippen molar-refractivity contribution in [1.29, 1.82) is 0 Å². The van der Waals surface area contributed by atoms with Crippen molar-refractivity contribution in [2.24, 2.45) is 0 Å². The fraction of sp³-hybridized carbons (Fsp3) is 0.231. The summed E-state index contributed by atoms with van der Waals surface area (Å²) in [4.78, 5) is 0.577. The molecule has 0 bridgehead atoms. The highest BCUT2D eigenvalue weighted by atomic mass is 32.2. The van der Waals surface area contributed by atoms with Gasteiger partial charge in [-0.15, -0.1) is 11.3 Å². The summed E-state index contributed by atoms with van der Waals surface area (Å²) >= 11 is 1.01. The number of aliphatic hydroxyl groups is 1. The number of anilines is 1. The lowest BCUT2D eigenvalue weighted by atomic mass is 10.3. The molecule has 0 spiro atoms. The number of benzene rings is 1. The number of sulfonamides is 1. The van der Waals surface area contributed by atoms with Crippen LogP contribution in [0.5, 0.6) is 11.5 Å². The lowest BCUT2D eigenvalue weighted by molar-refractivity contribution is 0.285. The SMILES string of the molecule is COc1ccc(OC)c(NS(=O)(=O)c2ccc(CO)s2)c1. The van der Waals surface area contributed by atoms with E-state index in [9.17, 15) is 8.42 Å². The topological polar surface area (TPSA) is 84.9 Å². The molecule has 8 heteroatoms. The van der Waals surface area contributed by atoms with Crippen molar-refractivity contribution >= 4 is 27.0 Å². The van der Waals surface area contributed by atoms with E-state index in [1.807, 2.05) is 0 Å². The van der Waals surface area contributed by atoms with Crippen molar-refractivity contribution in [1.82, 2.24) is 0 Å². The molecule has 2 aromatic rings. The lowest BCUT2D eigenvalue weighted by Gasteiger charge is -2.12. The highest BCUT2D eigenvalue weighted by Crippen LogP contribution is 2.32. The zero-order valence-corrected chi connectivity index (χ0v) is 13.1. The Bertz CT molecular complexity index is 724. The number of hydrogen-bond acceptors (Lipinski definition) is 6. The number of rotatable bonds is 6. The van der Waals surface area contributed by atoms with E-state index in [2.05, 4.69) is 4.72 Å². The number of ether oxygens (including phenoxy) is 2. The van der Waals surface area contributed by atoms with Gasteiger partial charge in [0.05, 0.1) is 26.5 Å². The molecule has 0 unspecified atom stereocenters. The van der Waals surface area contributed by atoms with E-state index in [-0.39, 0.29) is 16.5 Å². The Balaban J connectivity index is 2.35. The molecule has 1 aromatic carbocycles. The van der Waals surface area contributed by atoms with Gasteiger partial charge >= 0.3 is 0 Å². The van der Waals surface area contributed by atoms with Crippen LogP contribution in [0.3, 0.4) is 0 Å². The minimum absolute atomic E-state index is 0.122. The average Bonchev–Trinajstić information content (AvgIpc) is 2.96. The minimum atomic E-state index is -3.74. The van der Waals surface area contributed by atoms with Crippen molar-refractivity contribution in [2.75, 3.05) is 18.9 Å². The first-order valence-electron chi connectivity index (χ1n) is 5.94. The molecule has 0 aliphatic carbocycles. The van der Waals surface area contributed by atoms with Gasteiger partial charge in [-0.05, 0) is 24.3 Å². The molecule has 0 aliphatic heterocycles. The van der Waals surface area contributed by atoms with Crippen LogP contribution < -0.4 is 14.2 Å². The first-order chi connectivity index (χ1) is 10.00. The van der Waals surface area contributed by atoms with Crippen LogP contribution in [0.2, 0.25) is 0 Å². The molecule has 0 fully saturated rings. The van der Waals surface area contributed by atoms with E-state index in [4.69, 9.17) is 14.6 Å². The zero-order valence-electron chi connectivity index (χ0n) is 11.5. The van der Waals surface area contributed by atoms with Crippen LogP contribution in [0, 0.1) is 0 Å². The third kappa shape index (κ3) is 3.46. The van der Waals surface area contributed by atoms with E-state index in [1.54, 1.807) is 18.2 Å². The third-order valence-electron chi connectivity index (χ3n) is 2.71. The first kappa shape index (κ1) is 15.6. The largest absolute Gasteiger partial charge is 0.497 e. The lowest BCUT2D eigenvalue weighted by Crippen LogP contribution is -2.12. The Morgan fingerprint density at radius 3 is 2.52 bits per heavy atom. The van der Waals surface area contributed by atoms with Gasteiger partial charge in [-0.1, -0.05) is 0 Å². The molecule has 0 saturated heterocycles. The van der Waals surface area contributed by atoms with Gasteiger partial charge in [0.15, 0.2) is 0 Å². The van der Waals surface area contributed by atoms with Gasteiger partial charge in [0, 0.05) is 10.9 Å². The average molecular weight is 329 g/mol. The van der Waals surface area contributed by atoms with Crippen LogP contribution in [-0.4, -0.2) is 27.7 Å². The van der Waals surface area contributed by atoms with E-state index in [0.717, 1.165) is 11.3 Å². The molecule has 1 aromatic heterocycles. The van der Waals surface area contributed by atoms with Crippen molar-refractivity contribution in [3.8, 4) is 11.5 Å². The Hall–Kier alpha value is -1.77. The number of hydrogen-bond donors (Lipinski definition) is 2. The summed E-state index contributed by atoms with van der Waals surface area (Å²) in [6.07, 6.45) is 0. The number of thiophene rings is 1. The summed E-state index contributed by atoms with van der Waals surface area (Å²) in [5.41, 5.74) is 0.288. The Morgan fingerprint density at radius 1 is 1.19 bits per heavy atom. The molecule has 0 radical (unpaired) electrons. The second-order valence-corrected chi connectivity index (χ2v) is 7.13. The van der Waals surface area contributed by atoms with Crippen LogP contribution in [0.25, 0.3) is 0 Å². The van der Waals surface area contributed by atoms with Crippen molar-refractivity contribution in [2.45, 2.75) is 10.8 Å². The van der Waals surface area contributed by atoms with Crippen molar-refractivity contribution in [3.63, 3.8) is 0 Å². The van der Waals surface area contributed by atoms with Gasteiger partial charge in [0.1, 0.15) is 15.7 Å². The summed E-state index contributed by atoms with van der Waals surface area (Å²) in [7, 11) is -0.792. The predicted octanol–water partition coefficient (Wildman–Crippen LogP) is 2.06. The predicted molar refractivity (Wildman–Crippen MR) is 80.6 cm³/mol. The second kappa shape index (κ2) is 6.33. The van der Waals surface area contributed by atoms with Crippen molar-refractivity contribution < 1.29 is 23.0 Å². The molecule has 2 rings (SSSR count). The normalized spacial score (nSPS) is 11.2. The van der Waals surface area contributed by atoms with Crippen molar-refractivity contribution in [3.05, 3.63) is 35.2 Å². The molecule has 2 N–H and O–H groups in total. The molecule has 0 atom stereocenters. The van der Waals surface area contributed by atoms with E-state index >= 15 is 0 Å². The number of aliphatic hydroxyl groups excluding tert-OH is 1. The number of nitrogens with one attached hydrogen (secondary N) is 1. The fourth-order valence-electron chi connectivity index (χ4n) is 1.68. The summed E-state index contributed by atoms with van der Waals surface area (Å²) in [6.45, 7) is -0.192. The van der Waals surface area contributed by atoms with E-state index in [1.165, 1.54) is 26.4 Å². The molecule has 21 heavy (non-hydrogen) atoms. The Labute approximate surface area is 127 Å². The van der Waals surface area contributed by atoms with Gasteiger partial charge in [0.2, 0.25) is 0 Å². The van der Waals surface area contributed by atoms with Gasteiger partial charge < -0.3 is 14.6 Å². The van der Waals surface area contributed by atoms with Gasteiger partial charge in [0.25, 0.3) is 10.0 Å². The van der Waals surface area contributed by atoms with Gasteiger partial charge in [-0.25, -0.2) is 8.42 Å². The van der Waals surface area contributed by atoms with Crippen LogP contribution in [0.1, 0.15) is 4.88 Å². The molecular weight excluding hydrogens is 314 g/mol. The minimum Gasteiger partial charge on any atom is -0.497 e. The summed E-state index contributed by atoms with van der Waals surface area (Å²) in [6, 6.07) is 7.85. The van der Waals surface area contributed by atoms with E-state index < -0.39 is 10.0 Å². The molecule has 0 amide bonds. The summed E-state index contributed by atoms with van der Waals surface area (Å²) < 4.78 is 37.4. The molecule has 1 heterocycles. The molecule has 0 saturated carbocycles. The maximum absolute atomic E-state index is 12.3. The monoisotopic (exact) mass is 329 g/mol. The number of methoxy groups -OCH3 is 2. The highest BCUT2D eigenvalue weighted by molar-refractivity contribution is 7.94. The van der Waals surface area contributed by atoms with Crippen LogP contribution >= 0.6 is 11.3 Å². The quantitative estimate of drug-likeness (QED) is 0.847.